The second-order valence-corrected chi connectivity index (χ2v) is 11.8. The van der Waals surface area contributed by atoms with Gasteiger partial charge in [-0.2, -0.15) is 9.61 Å². The molecule has 3 heterocycles. The molecule has 3 aromatic rings. The van der Waals surface area contributed by atoms with E-state index in [0.717, 1.165) is 12.8 Å². The summed E-state index contributed by atoms with van der Waals surface area (Å²) in [4.78, 5) is 33.6. The van der Waals surface area contributed by atoms with Gasteiger partial charge in [0.25, 0.3) is 0 Å². The summed E-state index contributed by atoms with van der Waals surface area (Å²) in [5.41, 5.74) is -0.880. The highest BCUT2D eigenvalue weighted by molar-refractivity contribution is 6.33. The van der Waals surface area contributed by atoms with Crippen LogP contribution in [0.5, 0.6) is 0 Å². The summed E-state index contributed by atoms with van der Waals surface area (Å²) in [6.07, 6.45) is 1.87. The molecule has 1 aliphatic rings. The summed E-state index contributed by atoms with van der Waals surface area (Å²) in [5, 5.41) is 7.94. The second-order valence-electron chi connectivity index (χ2n) is 11.4. The number of anilines is 3. The van der Waals surface area contributed by atoms with Crippen LogP contribution in [-0.2, 0) is 9.47 Å². The molecular weight excluding hydrogens is 527 g/mol. The first-order chi connectivity index (χ1) is 18.2. The average molecular weight is 561 g/mol. The molecule has 2 amide bonds. The van der Waals surface area contributed by atoms with E-state index in [4.69, 9.17) is 21.1 Å². The maximum atomic E-state index is 14.3. The Morgan fingerprint density at radius 2 is 1.85 bits per heavy atom. The van der Waals surface area contributed by atoms with E-state index in [1.54, 1.807) is 37.8 Å². The van der Waals surface area contributed by atoms with E-state index < -0.39 is 23.1 Å². The van der Waals surface area contributed by atoms with E-state index in [1.165, 1.54) is 33.8 Å². The Kier molecular flexibility index (Phi) is 7.92. The Balaban J connectivity index is 1.71. The zero-order chi connectivity index (χ0) is 28.5. The van der Waals surface area contributed by atoms with Gasteiger partial charge >= 0.3 is 12.2 Å². The molecule has 0 aliphatic carbocycles. The number of amides is 2. The molecular formula is C27H34ClFN6O4. The van der Waals surface area contributed by atoms with Gasteiger partial charge in [-0.25, -0.2) is 23.9 Å². The number of halogens is 2. The summed E-state index contributed by atoms with van der Waals surface area (Å²) in [7, 11) is 0. The van der Waals surface area contributed by atoms with Crippen molar-refractivity contribution in [3.8, 4) is 0 Å². The summed E-state index contributed by atoms with van der Waals surface area (Å²) in [6, 6.07) is 7.10. The number of carbonyl (C=O) groups excluding carboxylic acids is 2. The third-order valence-electron chi connectivity index (χ3n) is 5.71. The SMILES string of the molecule is CC(C)(C)OC(=O)N1CCC[C@H](Nc2cc(N(C(=O)OC(C)(C)C)c3cccc(F)c3)n3ncc(Cl)c3n2)C1. The average Bonchev–Trinajstić information content (AvgIpc) is 3.18. The summed E-state index contributed by atoms with van der Waals surface area (Å²) in [5.74, 6) is 0.127. The molecule has 210 valence electrons. The zero-order valence-corrected chi connectivity index (χ0v) is 23.8. The predicted molar refractivity (Wildman–Crippen MR) is 147 cm³/mol. The van der Waals surface area contributed by atoms with E-state index in [9.17, 15) is 14.0 Å². The number of likely N-dealkylation sites (tertiary alicyclic amines) is 1. The van der Waals surface area contributed by atoms with Gasteiger partial charge in [-0.15, -0.1) is 0 Å². The molecule has 0 radical (unpaired) electrons. The topological polar surface area (TPSA) is 101 Å². The Bertz CT molecular complexity index is 1370. The second kappa shape index (κ2) is 10.9. The zero-order valence-electron chi connectivity index (χ0n) is 23.0. The Hall–Kier alpha value is -3.60. The van der Waals surface area contributed by atoms with Crippen LogP contribution in [0.2, 0.25) is 5.02 Å². The van der Waals surface area contributed by atoms with Gasteiger partial charge < -0.3 is 19.7 Å². The Morgan fingerprint density at radius 3 is 2.51 bits per heavy atom. The lowest BCUT2D eigenvalue weighted by atomic mass is 10.1. The Morgan fingerprint density at radius 1 is 1.13 bits per heavy atom. The van der Waals surface area contributed by atoms with E-state index >= 15 is 0 Å². The number of fused-ring (bicyclic) bond motifs is 1. The molecule has 4 rings (SSSR count). The molecule has 1 fully saturated rings. The summed E-state index contributed by atoms with van der Waals surface area (Å²) >= 11 is 6.41. The lowest BCUT2D eigenvalue weighted by Crippen LogP contribution is -2.47. The molecule has 0 spiro atoms. The first-order valence-electron chi connectivity index (χ1n) is 12.8. The molecule has 12 heteroatoms. The molecule has 39 heavy (non-hydrogen) atoms. The van der Waals surface area contributed by atoms with Crippen LogP contribution >= 0.6 is 11.6 Å². The normalized spacial score (nSPS) is 16.2. The monoisotopic (exact) mass is 560 g/mol. The molecule has 1 aliphatic heterocycles. The van der Waals surface area contributed by atoms with Crippen molar-refractivity contribution in [2.45, 2.75) is 71.6 Å². The number of hydrogen-bond acceptors (Lipinski definition) is 7. The minimum atomic E-state index is -0.815. The fourth-order valence-corrected chi connectivity index (χ4v) is 4.37. The molecule has 10 nitrogen and oxygen atoms in total. The van der Waals surface area contributed by atoms with Crippen LogP contribution in [0.25, 0.3) is 5.65 Å². The van der Waals surface area contributed by atoms with E-state index in [1.807, 2.05) is 20.8 Å². The van der Waals surface area contributed by atoms with Gasteiger partial charge in [0.15, 0.2) is 5.65 Å². The standard InChI is InChI=1S/C27H34ClFN6O4/c1-26(2,3)38-24(36)33-12-8-10-18(16-33)31-21-14-22(35-23(32-21)20(28)15-30-35)34(25(37)39-27(4,5)6)19-11-7-9-17(29)13-19/h7,9,11,13-15,18H,8,10,12,16H2,1-6H3,(H,31,32)/t18-/m0/s1. The van der Waals surface area contributed by atoms with Gasteiger partial charge in [-0.05, 0) is 72.6 Å². The lowest BCUT2D eigenvalue weighted by molar-refractivity contribution is 0.0206. The number of rotatable bonds is 4. The van der Waals surface area contributed by atoms with Gasteiger partial charge in [0.1, 0.15) is 33.7 Å². The minimum Gasteiger partial charge on any atom is -0.444 e. The van der Waals surface area contributed by atoms with Gasteiger partial charge in [0.2, 0.25) is 0 Å². The predicted octanol–water partition coefficient (Wildman–Crippen LogP) is 6.41. The van der Waals surface area contributed by atoms with Crippen molar-refractivity contribution in [3.63, 3.8) is 0 Å². The van der Waals surface area contributed by atoms with Crippen LogP contribution in [0.4, 0.5) is 31.3 Å². The molecule has 0 unspecified atom stereocenters. The number of carbonyl (C=O) groups is 2. The lowest BCUT2D eigenvalue weighted by Gasteiger charge is -2.34. The van der Waals surface area contributed by atoms with Gasteiger partial charge in [0, 0.05) is 25.2 Å². The number of hydrogen-bond donors (Lipinski definition) is 1. The van der Waals surface area contributed by atoms with Gasteiger partial charge in [-0.1, -0.05) is 17.7 Å². The fourth-order valence-electron chi connectivity index (χ4n) is 4.20. The highest BCUT2D eigenvalue weighted by Crippen LogP contribution is 2.32. The summed E-state index contributed by atoms with van der Waals surface area (Å²) in [6.45, 7) is 11.7. The first-order valence-corrected chi connectivity index (χ1v) is 13.2. The third-order valence-corrected chi connectivity index (χ3v) is 5.97. The maximum absolute atomic E-state index is 14.3. The molecule has 1 aromatic carbocycles. The number of aromatic nitrogens is 3. The van der Waals surface area contributed by atoms with Crippen molar-refractivity contribution in [2.24, 2.45) is 0 Å². The van der Waals surface area contributed by atoms with Crippen molar-refractivity contribution < 1.29 is 23.5 Å². The van der Waals surface area contributed by atoms with Gasteiger partial charge in [-0.3, -0.25) is 0 Å². The quantitative estimate of drug-likeness (QED) is 0.393. The molecule has 1 N–H and O–H groups in total. The van der Waals surface area contributed by atoms with Gasteiger partial charge in [0.05, 0.1) is 11.9 Å². The number of nitrogens with zero attached hydrogens (tertiary/aromatic N) is 5. The number of benzene rings is 1. The number of ether oxygens (including phenoxy) is 2. The van der Waals surface area contributed by atoms with E-state index in [-0.39, 0.29) is 28.7 Å². The van der Waals surface area contributed by atoms with E-state index in [0.29, 0.717) is 24.6 Å². The van der Waals surface area contributed by atoms with Crippen molar-refractivity contribution in [1.29, 1.82) is 0 Å². The largest absolute Gasteiger partial charge is 0.444 e. The van der Waals surface area contributed by atoms with Crippen LogP contribution in [-0.4, -0.2) is 62.0 Å². The Labute approximate surface area is 232 Å². The number of piperidine rings is 1. The molecule has 1 saturated heterocycles. The molecule has 1 atom stereocenters. The molecule has 0 saturated carbocycles. The van der Waals surface area contributed by atoms with Crippen LogP contribution in [0.3, 0.4) is 0 Å². The highest BCUT2D eigenvalue weighted by atomic mass is 35.5. The minimum absolute atomic E-state index is 0.139. The molecule has 0 bridgehead atoms. The van der Waals surface area contributed by atoms with Crippen molar-refractivity contribution in [3.05, 3.63) is 47.4 Å². The molecule has 2 aromatic heterocycles. The summed E-state index contributed by atoms with van der Waals surface area (Å²) < 4.78 is 26.9. The van der Waals surface area contributed by atoms with E-state index in [2.05, 4.69) is 15.4 Å². The first kappa shape index (κ1) is 28.4. The van der Waals surface area contributed by atoms with Crippen molar-refractivity contribution in [1.82, 2.24) is 19.5 Å². The van der Waals surface area contributed by atoms with Crippen LogP contribution in [0.1, 0.15) is 54.4 Å². The third kappa shape index (κ3) is 7.08. The highest BCUT2D eigenvalue weighted by Gasteiger charge is 2.31. The number of nitrogens with one attached hydrogen (secondary N) is 1. The van der Waals surface area contributed by atoms with Crippen LogP contribution < -0.4 is 10.2 Å². The fraction of sp³-hybridized carbons (Fsp3) is 0.481. The smallest absolute Gasteiger partial charge is 0.420 e. The van der Waals surface area contributed by atoms with Crippen molar-refractivity contribution >= 4 is 46.8 Å². The van der Waals surface area contributed by atoms with Crippen molar-refractivity contribution in [2.75, 3.05) is 23.3 Å². The van der Waals surface area contributed by atoms with Crippen LogP contribution in [0.15, 0.2) is 36.5 Å². The maximum Gasteiger partial charge on any atom is 0.420 e. The van der Waals surface area contributed by atoms with Crippen LogP contribution in [0, 0.1) is 5.82 Å².